The third kappa shape index (κ3) is 3.19. The summed E-state index contributed by atoms with van der Waals surface area (Å²) >= 11 is 0. The fourth-order valence-electron chi connectivity index (χ4n) is 5.10. The molecule has 0 unspecified atom stereocenters. The van der Waals surface area contributed by atoms with Gasteiger partial charge in [-0.25, -0.2) is 13.9 Å². The zero-order valence-electron chi connectivity index (χ0n) is 20.1. The Morgan fingerprint density at radius 3 is 2.57 bits per heavy atom. The first kappa shape index (κ1) is 21.5. The summed E-state index contributed by atoms with van der Waals surface area (Å²) in [5.74, 6) is 0.458. The van der Waals surface area contributed by atoms with E-state index >= 15 is 0 Å². The van der Waals surface area contributed by atoms with Gasteiger partial charge in [0.25, 0.3) is 0 Å². The van der Waals surface area contributed by atoms with E-state index in [9.17, 15) is 9.18 Å². The van der Waals surface area contributed by atoms with Gasteiger partial charge in [0.2, 0.25) is 0 Å². The van der Waals surface area contributed by atoms with Crippen molar-refractivity contribution in [2.45, 2.75) is 33.7 Å². The zero-order chi connectivity index (χ0) is 24.4. The molecule has 1 aliphatic heterocycles. The Hall–Kier alpha value is -3.98. The molecule has 4 heterocycles. The number of aromatic nitrogens is 6. The van der Waals surface area contributed by atoms with Crippen LogP contribution >= 0.6 is 0 Å². The second-order valence-electron chi connectivity index (χ2n) is 9.21. The van der Waals surface area contributed by atoms with E-state index in [4.69, 9.17) is 5.10 Å². The Bertz CT molecular complexity index is 1660. The quantitative estimate of drug-likeness (QED) is 0.438. The molecule has 178 valence electrons. The number of aryl methyl sites for hydroxylation is 4. The van der Waals surface area contributed by atoms with Crippen LogP contribution < -0.4 is 11.0 Å². The first-order valence-corrected chi connectivity index (χ1v) is 11.7. The topological polar surface area (TPSA) is 74.6 Å². The molecule has 0 spiro atoms. The van der Waals surface area contributed by atoms with E-state index in [0.717, 1.165) is 52.1 Å². The minimum atomic E-state index is -0.224. The van der Waals surface area contributed by atoms with Crippen molar-refractivity contribution in [2.75, 3.05) is 6.54 Å². The maximum Gasteiger partial charge on any atom is 0.338 e. The molecule has 2 aromatic carbocycles. The van der Waals surface area contributed by atoms with Crippen LogP contribution in [-0.4, -0.2) is 35.2 Å². The number of nitrogens with zero attached hydrogens (tertiary/aromatic N) is 6. The van der Waals surface area contributed by atoms with Crippen LogP contribution in [0.5, 0.6) is 0 Å². The number of fused-ring (bicyclic) bond motifs is 2. The van der Waals surface area contributed by atoms with Crippen LogP contribution in [0.2, 0.25) is 0 Å². The lowest BCUT2D eigenvalue weighted by Crippen LogP contribution is -2.27. The highest BCUT2D eigenvalue weighted by atomic mass is 19.1. The molecule has 0 atom stereocenters. The lowest BCUT2D eigenvalue weighted by atomic mass is 10.1. The predicted octanol–water partition coefficient (Wildman–Crippen LogP) is 3.41. The van der Waals surface area contributed by atoms with E-state index in [1.165, 1.54) is 0 Å². The molecule has 8 nitrogen and oxygen atoms in total. The molecular formula is C26H26FN7O. The normalized spacial score (nSPS) is 13.5. The molecule has 9 heteroatoms. The van der Waals surface area contributed by atoms with E-state index in [1.807, 2.05) is 37.0 Å². The van der Waals surface area contributed by atoms with Crippen molar-refractivity contribution in [3.63, 3.8) is 0 Å². The number of imidazole rings is 1. The number of benzene rings is 2. The van der Waals surface area contributed by atoms with Gasteiger partial charge in [0.05, 0.1) is 28.8 Å². The van der Waals surface area contributed by atoms with Gasteiger partial charge in [-0.1, -0.05) is 0 Å². The summed E-state index contributed by atoms with van der Waals surface area (Å²) in [5.41, 5.74) is 6.36. The molecule has 0 saturated heterocycles. The Kier molecular flexibility index (Phi) is 4.79. The molecule has 0 aliphatic carbocycles. The van der Waals surface area contributed by atoms with Gasteiger partial charge in [0, 0.05) is 49.9 Å². The average molecular weight is 472 g/mol. The smallest absolute Gasteiger partial charge is 0.312 e. The minimum Gasteiger partial charge on any atom is -0.312 e. The van der Waals surface area contributed by atoms with Crippen LogP contribution in [0.1, 0.15) is 27.9 Å². The van der Waals surface area contributed by atoms with Crippen molar-refractivity contribution in [1.82, 2.24) is 34.0 Å². The lowest BCUT2D eigenvalue weighted by molar-refractivity contribution is 0.608. The summed E-state index contributed by atoms with van der Waals surface area (Å²) in [5, 5.41) is 13.6. The summed E-state index contributed by atoms with van der Waals surface area (Å²) in [6.45, 7) is 6.93. The van der Waals surface area contributed by atoms with Crippen molar-refractivity contribution in [3.8, 4) is 17.2 Å². The molecule has 0 bridgehead atoms. The second-order valence-corrected chi connectivity index (χ2v) is 9.21. The van der Waals surface area contributed by atoms with Crippen molar-refractivity contribution < 1.29 is 4.39 Å². The van der Waals surface area contributed by atoms with E-state index in [-0.39, 0.29) is 11.5 Å². The van der Waals surface area contributed by atoms with Crippen molar-refractivity contribution >= 4 is 10.9 Å². The molecule has 1 N–H and O–H groups in total. The third-order valence-corrected chi connectivity index (χ3v) is 6.98. The highest BCUT2D eigenvalue weighted by Crippen LogP contribution is 2.28. The average Bonchev–Trinajstić information content (AvgIpc) is 3.53. The monoisotopic (exact) mass is 471 g/mol. The van der Waals surface area contributed by atoms with Gasteiger partial charge in [0.1, 0.15) is 11.6 Å². The summed E-state index contributed by atoms with van der Waals surface area (Å²) in [4.78, 5) is 13.8. The van der Waals surface area contributed by atoms with Gasteiger partial charge in [-0.15, -0.1) is 0 Å². The van der Waals surface area contributed by atoms with Crippen molar-refractivity contribution in [1.29, 1.82) is 0 Å². The van der Waals surface area contributed by atoms with Crippen molar-refractivity contribution in [2.24, 2.45) is 7.05 Å². The van der Waals surface area contributed by atoms with Gasteiger partial charge in [0.15, 0.2) is 0 Å². The van der Waals surface area contributed by atoms with Crippen LogP contribution in [-0.2, 0) is 20.0 Å². The molecule has 0 radical (unpaired) electrons. The van der Waals surface area contributed by atoms with E-state index < -0.39 is 0 Å². The molecule has 0 amide bonds. The number of hydrogen-bond donors (Lipinski definition) is 1. The minimum absolute atomic E-state index is 0.193. The summed E-state index contributed by atoms with van der Waals surface area (Å²) in [6, 6.07) is 7.49. The van der Waals surface area contributed by atoms with Gasteiger partial charge < -0.3 is 5.32 Å². The first-order valence-electron chi connectivity index (χ1n) is 11.7. The maximum absolute atomic E-state index is 14.4. The Labute approximate surface area is 201 Å². The molecule has 5 aromatic rings. The Morgan fingerprint density at radius 2 is 1.80 bits per heavy atom. The number of hydrogen-bond acceptors (Lipinski definition) is 4. The van der Waals surface area contributed by atoms with Crippen LogP contribution in [0.15, 0.2) is 47.7 Å². The van der Waals surface area contributed by atoms with Crippen molar-refractivity contribution in [3.05, 3.63) is 87.1 Å². The molecular weight excluding hydrogens is 445 g/mol. The van der Waals surface area contributed by atoms with Crippen LogP contribution in [0.3, 0.4) is 0 Å². The Balaban J connectivity index is 1.57. The van der Waals surface area contributed by atoms with Gasteiger partial charge in [-0.2, -0.15) is 10.2 Å². The zero-order valence-corrected chi connectivity index (χ0v) is 20.1. The number of nitrogens with one attached hydrogen (secondary N) is 1. The third-order valence-electron chi connectivity index (χ3n) is 6.98. The highest BCUT2D eigenvalue weighted by molar-refractivity contribution is 5.85. The molecule has 1 aliphatic rings. The molecule has 3 aromatic heterocycles. The van der Waals surface area contributed by atoms with E-state index in [0.29, 0.717) is 23.5 Å². The second kappa shape index (κ2) is 7.78. The number of rotatable bonds is 3. The summed E-state index contributed by atoms with van der Waals surface area (Å²) in [6.07, 6.45) is 6.15. The highest BCUT2D eigenvalue weighted by Gasteiger charge is 2.25. The fourth-order valence-corrected chi connectivity index (χ4v) is 5.10. The fraction of sp³-hybridized carbons (Fsp3) is 0.269. The molecule has 0 saturated carbocycles. The summed E-state index contributed by atoms with van der Waals surface area (Å²) in [7, 11) is 1.90. The molecule has 6 rings (SSSR count). The molecule has 35 heavy (non-hydrogen) atoms. The van der Waals surface area contributed by atoms with Gasteiger partial charge in [-0.3, -0.25) is 13.8 Å². The van der Waals surface area contributed by atoms with Gasteiger partial charge >= 0.3 is 5.69 Å². The van der Waals surface area contributed by atoms with Gasteiger partial charge in [-0.05, 0) is 61.7 Å². The first-order chi connectivity index (χ1) is 16.8. The maximum atomic E-state index is 14.4. The standard InChI is InChI=1S/C26H26FN7O/c1-15-11-18(12-16(2)24(15)27)34-25(20-13-28-8-7-21(20)30-34)33-10-9-32(26(33)35)22-5-6-23-19(17(22)3)14-29-31(23)4/h5-6,9-12,14,28H,7-8,13H2,1-4H3. The van der Waals surface area contributed by atoms with Crippen LogP contribution in [0, 0.1) is 26.6 Å². The Morgan fingerprint density at radius 1 is 1.06 bits per heavy atom. The van der Waals surface area contributed by atoms with E-state index in [1.54, 1.807) is 52.2 Å². The summed E-state index contributed by atoms with van der Waals surface area (Å²) < 4.78 is 21.3. The molecule has 0 fully saturated rings. The predicted molar refractivity (Wildman–Crippen MR) is 132 cm³/mol. The van der Waals surface area contributed by atoms with Crippen LogP contribution in [0.25, 0.3) is 28.1 Å². The van der Waals surface area contributed by atoms with Crippen LogP contribution in [0.4, 0.5) is 4.39 Å². The number of halogens is 1. The SMILES string of the molecule is Cc1cc(-n2nc3c(c2-n2ccn(-c4ccc5c(cnn5C)c4C)c2=O)CNCC3)cc(C)c1F. The lowest BCUT2D eigenvalue weighted by Gasteiger charge is -2.14. The van der Waals surface area contributed by atoms with E-state index in [2.05, 4.69) is 10.4 Å². The largest absolute Gasteiger partial charge is 0.338 e.